The predicted molar refractivity (Wildman–Crippen MR) is 163 cm³/mol. The summed E-state index contributed by atoms with van der Waals surface area (Å²) in [7, 11) is 3.19. The van der Waals surface area contributed by atoms with Gasteiger partial charge in [-0.2, -0.15) is 0 Å². The molecular formula is C31H44N4O7S. The molecule has 1 saturated heterocycles. The number of carbonyl (C=O) groups is 2. The fourth-order valence-corrected chi connectivity index (χ4v) is 8.33. The molecule has 0 bridgehead atoms. The lowest BCUT2D eigenvalue weighted by molar-refractivity contribution is -0.144. The van der Waals surface area contributed by atoms with Gasteiger partial charge in [0.15, 0.2) is 16.6 Å². The summed E-state index contributed by atoms with van der Waals surface area (Å²) in [5, 5.41) is 28.1. The molecule has 2 aromatic rings. The second-order valence-corrected chi connectivity index (χ2v) is 13.5. The second kappa shape index (κ2) is 13.0. The first-order chi connectivity index (χ1) is 20.6. The number of urea groups is 1. The average molecular weight is 617 g/mol. The standard InChI is InChI=1S/C31H44N4O7S/c1-30-9-7-25(37)31(2,18-36)24(30)17-23-27(33-28(43-23)34-29(39)35-11-13-42-14-12-35)20(30)16-26(38)32-10-8-19-5-6-21(40-3)22(15-19)41-4/h5-6,15,20,24-25,36-37H,7-14,16-18H2,1-4H3,(H,32,38)(H,33,34,39). The molecule has 2 heterocycles. The number of benzene rings is 1. The molecule has 4 N–H and O–H groups in total. The van der Waals surface area contributed by atoms with Crippen molar-refractivity contribution in [1.29, 1.82) is 0 Å². The van der Waals surface area contributed by atoms with E-state index in [1.54, 1.807) is 19.1 Å². The molecule has 2 fully saturated rings. The van der Waals surface area contributed by atoms with Crippen LogP contribution >= 0.6 is 11.3 Å². The summed E-state index contributed by atoms with van der Waals surface area (Å²) in [6.07, 6.45) is 2.10. The Balaban J connectivity index is 1.35. The van der Waals surface area contributed by atoms with E-state index in [2.05, 4.69) is 17.6 Å². The fourth-order valence-electron chi connectivity index (χ4n) is 7.28. The zero-order chi connectivity index (χ0) is 30.8. The molecule has 3 aliphatic rings. The van der Waals surface area contributed by atoms with Gasteiger partial charge in [-0.05, 0) is 54.7 Å². The second-order valence-electron chi connectivity index (χ2n) is 12.4. The number of aromatic nitrogens is 1. The van der Waals surface area contributed by atoms with Gasteiger partial charge in [0, 0.05) is 42.3 Å². The first kappa shape index (κ1) is 31.5. The monoisotopic (exact) mass is 616 g/mol. The van der Waals surface area contributed by atoms with E-state index in [9.17, 15) is 19.8 Å². The molecule has 1 aromatic carbocycles. The lowest BCUT2D eigenvalue weighted by Crippen LogP contribution is -2.57. The predicted octanol–water partition coefficient (Wildman–Crippen LogP) is 3.19. The summed E-state index contributed by atoms with van der Waals surface area (Å²) >= 11 is 1.43. The Morgan fingerprint density at radius 3 is 2.63 bits per heavy atom. The minimum atomic E-state index is -0.714. The Kier molecular flexibility index (Phi) is 9.50. The average Bonchev–Trinajstić information content (AvgIpc) is 3.42. The first-order valence-corrected chi connectivity index (χ1v) is 15.8. The molecule has 12 heteroatoms. The van der Waals surface area contributed by atoms with Gasteiger partial charge in [0.05, 0.1) is 45.8 Å². The van der Waals surface area contributed by atoms with Gasteiger partial charge in [0.2, 0.25) is 5.91 Å². The van der Waals surface area contributed by atoms with Gasteiger partial charge in [0.25, 0.3) is 0 Å². The molecule has 43 heavy (non-hydrogen) atoms. The first-order valence-electron chi connectivity index (χ1n) is 15.0. The number of morpholine rings is 1. The van der Waals surface area contributed by atoms with Gasteiger partial charge in [-0.15, -0.1) is 11.3 Å². The number of rotatable bonds is 9. The highest BCUT2D eigenvalue weighted by Crippen LogP contribution is 2.62. The summed E-state index contributed by atoms with van der Waals surface area (Å²) < 4.78 is 16.1. The van der Waals surface area contributed by atoms with Crippen LogP contribution in [0.5, 0.6) is 11.5 Å². The molecule has 236 valence electrons. The summed E-state index contributed by atoms with van der Waals surface area (Å²) in [5.74, 6) is 0.927. The van der Waals surface area contributed by atoms with Crippen LogP contribution in [0.2, 0.25) is 0 Å². The summed E-state index contributed by atoms with van der Waals surface area (Å²) in [6, 6.07) is 5.51. The summed E-state index contributed by atoms with van der Waals surface area (Å²) in [6.45, 7) is 6.50. The van der Waals surface area contributed by atoms with Gasteiger partial charge in [-0.1, -0.05) is 19.9 Å². The van der Waals surface area contributed by atoms with Crippen molar-refractivity contribution in [2.45, 2.75) is 58.0 Å². The van der Waals surface area contributed by atoms with E-state index >= 15 is 0 Å². The number of thiazole rings is 1. The van der Waals surface area contributed by atoms with Gasteiger partial charge in [0.1, 0.15) is 0 Å². The number of hydrogen-bond donors (Lipinski definition) is 4. The third kappa shape index (κ3) is 6.20. The normalized spacial score (nSPS) is 28.4. The summed E-state index contributed by atoms with van der Waals surface area (Å²) in [5.41, 5.74) is 0.774. The number of anilines is 1. The minimum absolute atomic E-state index is 0.0611. The highest BCUT2D eigenvalue weighted by Gasteiger charge is 2.59. The number of carbonyl (C=O) groups excluding carboxylic acids is 2. The molecular weight excluding hydrogens is 572 g/mol. The van der Waals surface area contributed by atoms with Crippen molar-refractivity contribution in [3.05, 3.63) is 34.3 Å². The molecule has 5 unspecified atom stereocenters. The van der Waals surface area contributed by atoms with E-state index in [4.69, 9.17) is 19.2 Å². The van der Waals surface area contributed by atoms with Crippen LogP contribution in [0.15, 0.2) is 18.2 Å². The maximum atomic E-state index is 13.5. The molecule has 5 atom stereocenters. The zero-order valence-electron chi connectivity index (χ0n) is 25.5. The number of hydrogen-bond acceptors (Lipinski definition) is 9. The topological polar surface area (TPSA) is 142 Å². The van der Waals surface area contributed by atoms with E-state index in [1.165, 1.54) is 11.3 Å². The van der Waals surface area contributed by atoms with Crippen LogP contribution in [0.3, 0.4) is 0 Å². The van der Waals surface area contributed by atoms with E-state index in [0.29, 0.717) is 75.2 Å². The van der Waals surface area contributed by atoms with Gasteiger partial charge < -0.3 is 34.6 Å². The smallest absolute Gasteiger partial charge is 0.323 e. The number of aliphatic hydroxyl groups excluding tert-OH is 2. The lowest BCUT2D eigenvalue weighted by Gasteiger charge is -2.58. The highest BCUT2D eigenvalue weighted by molar-refractivity contribution is 7.15. The van der Waals surface area contributed by atoms with Crippen molar-refractivity contribution in [2.24, 2.45) is 16.7 Å². The van der Waals surface area contributed by atoms with Gasteiger partial charge >= 0.3 is 6.03 Å². The Bertz CT molecular complexity index is 1320. The van der Waals surface area contributed by atoms with Crippen molar-refractivity contribution >= 4 is 28.4 Å². The summed E-state index contributed by atoms with van der Waals surface area (Å²) in [4.78, 5) is 34.0. The number of aliphatic hydroxyl groups is 2. The van der Waals surface area contributed by atoms with Crippen LogP contribution in [-0.4, -0.2) is 91.8 Å². The largest absolute Gasteiger partial charge is 0.493 e. The molecule has 1 saturated carbocycles. The lowest BCUT2D eigenvalue weighted by atomic mass is 9.47. The van der Waals surface area contributed by atoms with Crippen LogP contribution in [-0.2, 0) is 22.4 Å². The van der Waals surface area contributed by atoms with Crippen LogP contribution in [0.25, 0.3) is 0 Å². The highest BCUT2D eigenvalue weighted by atomic mass is 32.1. The Labute approximate surface area is 256 Å². The van der Waals surface area contributed by atoms with E-state index in [-0.39, 0.29) is 42.2 Å². The molecule has 0 radical (unpaired) electrons. The van der Waals surface area contributed by atoms with Crippen molar-refractivity contribution in [3.63, 3.8) is 0 Å². The Hall–Kier alpha value is -2.93. The number of ether oxygens (including phenoxy) is 3. The molecule has 11 nitrogen and oxygen atoms in total. The fraction of sp³-hybridized carbons (Fsp3) is 0.645. The van der Waals surface area contributed by atoms with E-state index in [0.717, 1.165) is 16.1 Å². The molecule has 5 rings (SSSR count). The number of fused-ring (bicyclic) bond motifs is 2. The molecule has 3 amide bonds. The molecule has 2 aliphatic carbocycles. The molecule has 0 spiro atoms. The maximum Gasteiger partial charge on any atom is 0.323 e. The van der Waals surface area contributed by atoms with Crippen LogP contribution in [0.1, 0.15) is 55.2 Å². The Morgan fingerprint density at radius 2 is 1.93 bits per heavy atom. The van der Waals surface area contributed by atoms with E-state index < -0.39 is 11.5 Å². The zero-order valence-corrected chi connectivity index (χ0v) is 26.3. The Morgan fingerprint density at radius 1 is 1.19 bits per heavy atom. The van der Waals surface area contributed by atoms with E-state index in [1.807, 2.05) is 25.1 Å². The quantitative estimate of drug-likeness (QED) is 0.337. The van der Waals surface area contributed by atoms with Crippen LogP contribution in [0, 0.1) is 16.7 Å². The van der Waals surface area contributed by atoms with Crippen molar-refractivity contribution < 1.29 is 34.0 Å². The number of nitrogens with one attached hydrogen (secondary N) is 2. The minimum Gasteiger partial charge on any atom is -0.493 e. The van der Waals surface area contributed by atoms with Crippen LogP contribution in [0.4, 0.5) is 9.93 Å². The van der Waals surface area contributed by atoms with Gasteiger partial charge in [-0.3, -0.25) is 10.1 Å². The number of amides is 3. The van der Waals surface area contributed by atoms with Crippen molar-refractivity contribution in [2.75, 3.05) is 59.0 Å². The molecule has 1 aromatic heterocycles. The molecule has 1 aliphatic heterocycles. The third-order valence-corrected chi connectivity index (χ3v) is 11.0. The maximum absolute atomic E-state index is 13.5. The van der Waals surface area contributed by atoms with Crippen molar-refractivity contribution in [3.8, 4) is 11.5 Å². The number of methoxy groups -OCH3 is 2. The SMILES string of the molecule is COc1ccc(CCNC(=O)CC2c3nc(NC(=O)N4CCOCC4)sc3CC3C(C)(CO)C(O)CCC23C)cc1OC. The van der Waals surface area contributed by atoms with Crippen molar-refractivity contribution in [1.82, 2.24) is 15.2 Å². The number of nitrogens with zero attached hydrogens (tertiary/aromatic N) is 2. The van der Waals surface area contributed by atoms with Gasteiger partial charge in [-0.25, -0.2) is 9.78 Å². The van der Waals surface area contributed by atoms with Crippen LogP contribution < -0.4 is 20.1 Å². The third-order valence-electron chi connectivity index (χ3n) is 9.98.